The van der Waals surface area contributed by atoms with Crippen LogP contribution in [-0.2, 0) is 6.61 Å². The Morgan fingerprint density at radius 1 is 0.917 bits per heavy atom. The van der Waals surface area contributed by atoms with Crippen molar-refractivity contribution in [2.75, 3.05) is 0 Å². The van der Waals surface area contributed by atoms with Crippen LogP contribution in [0.2, 0.25) is 5.02 Å². The molecule has 0 saturated carbocycles. The van der Waals surface area contributed by atoms with Crippen molar-refractivity contribution in [2.45, 2.75) is 6.61 Å². The van der Waals surface area contributed by atoms with Gasteiger partial charge in [0.1, 0.15) is 17.4 Å². The first-order valence-corrected chi connectivity index (χ1v) is 8.81. The minimum atomic E-state index is 0.555. The maximum Gasteiger partial charge on any atom is 0.124 e. The second-order valence-electron chi connectivity index (χ2n) is 5.43. The molecule has 0 aliphatic heterocycles. The Labute approximate surface area is 149 Å². The quantitative estimate of drug-likeness (QED) is 0.437. The number of halogens is 1. The molecule has 24 heavy (non-hydrogen) atoms. The summed E-state index contributed by atoms with van der Waals surface area (Å²) in [5.74, 6) is 0.841. The van der Waals surface area contributed by atoms with Crippen molar-refractivity contribution >= 4 is 33.2 Å². The van der Waals surface area contributed by atoms with E-state index in [9.17, 15) is 0 Å². The number of aromatic nitrogens is 1. The summed E-state index contributed by atoms with van der Waals surface area (Å²) in [4.78, 5) is 4.68. The summed E-state index contributed by atoms with van der Waals surface area (Å²) in [6.07, 6.45) is 0. The van der Waals surface area contributed by atoms with Crippen molar-refractivity contribution in [3.05, 3.63) is 83.4 Å². The summed E-state index contributed by atoms with van der Waals surface area (Å²) in [5.41, 5.74) is 3.13. The van der Waals surface area contributed by atoms with Crippen molar-refractivity contribution in [1.29, 1.82) is 0 Å². The zero-order chi connectivity index (χ0) is 16.4. The molecule has 4 aromatic rings. The first-order chi connectivity index (χ1) is 11.8. The van der Waals surface area contributed by atoms with Crippen LogP contribution < -0.4 is 4.74 Å². The van der Waals surface area contributed by atoms with Crippen molar-refractivity contribution < 1.29 is 4.74 Å². The van der Waals surface area contributed by atoms with Gasteiger partial charge in [-0.2, -0.15) is 0 Å². The van der Waals surface area contributed by atoms with E-state index < -0.39 is 0 Å². The lowest BCUT2D eigenvalue weighted by atomic mass is 10.2. The Morgan fingerprint density at radius 2 is 1.79 bits per heavy atom. The van der Waals surface area contributed by atoms with Crippen molar-refractivity contribution in [1.82, 2.24) is 4.98 Å². The molecule has 0 N–H and O–H groups in total. The van der Waals surface area contributed by atoms with Gasteiger partial charge in [0.05, 0.1) is 10.2 Å². The number of hydrogen-bond acceptors (Lipinski definition) is 3. The van der Waals surface area contributed by atoms with Gasteiger partial charge < -0.3 is 4.74 Å². The van der Waals surface area contributed by atoms with Crippen molar-refractivity contribution in [2.24, 2.45) is 0 Å². The SMILES string of the molecule is Clc1ccc2sc(-c3cccc(OCc4ccccc4)c3)nc2c1. The Kier molecular flexibility index (Phi) is 4.20. The van der Waals surface area contributed by atoms with Crippen LogP contribution in [0.1, 0.15) is 5.56 Å². The van der Waals surface area contributed by atoms with Gasteiger partial charge in [-0.1, -0.05) is 54.1 Å². The zero-order valence-corrected chi connectivity index (χ0v) is 14.3. The van der Waals surface area contributed by atoms with Crippen LogP contribution in [0.25, 0.3) is 20.8 Å². The minimum absolute atomic E-state index is 0.555. The van der Waals surface area contributed by atoms with E-state index in [2.05, 4.69) is 23.2 Å². The number of hydrogen-bond donors (Lipinski definition) is 0. The molecule has 1 aromatic heterocycles. The van der Waals surface area contributed by atoms with E-state index >= 15 is 0 Å². The largest absolute Gasteiger partial charge is 0.489 e. The molecule has 4 heteroatoms. The molecular weight excluding hydrogens is 338 g/mol. The average molecular weight is 352 g/mol. The third-order valence-corrected chi connectivity index (χ3v) is 5.00. The highest BCUT2D eigenvalue weighted by molar-refractivity contribution is 7.21. The predicted octanol–water partition coefficient (Wildman–Crippen LogP) is 6.20. The van der Waals surface area contributed by atoms with E-state index in [1.807, 2.05) is 54.6 Å². The highest BCUT2D eigenvalue weighted by Gasteiger charge is 2.08. The van der Waals surface area contributed by atoms with Crippen LogP contribution in [0.5, 0.6) is 5.75 Å². The number of fused-ring (bicyclic) bond motifs is 1. The third-order valence-electron chi connectivity index (χ3n) is 3.68. The fourth-order valence-electron chi connectivity index (χ4n) is 2.48. The molecule has 0 amide bonds. The Balaban J connectivity index is 1.59. The van der Waals surface area contributed by atoms with E-state index in [0.29, 0.717) is 11.6 Å². The Hall–Kier alpha value is -2.36. The predicted molar refractivity (Wildman–Crippen MR) is 101 cm³/mol. The highest BCUT2D eigenvalue weighted by Crippen LogP contribution is 2.33. The molecule has 0 aliphatic rings. The van der Waals surface area contributed by atoms with Crippen molar-refractivity contribution in [3.63, 3.8) is 0 Å². The lowest BCUT2D eigenvalue weighted by molar-refractivity contribution is 0.306. The maximum absolute atomic E-state index is 6.04. The summed E-state index contributed by atoms with van der Waals surface area (Å²) >= 11 is 7.70. The number of rotatable bonds is 4. The highest BCUT2D eigenvalue weighted by atomic mass is 35.5. The molecule has 118 valence electrons. The Morgan fingerprint density at radius 3 is 2.67 bits per heavy atom. The second-order valence-corrected chi connectivity index (χ2v) is 6.90. The van der Waals surface area contributed by atoms with Crippen LogP contribution in [0.4, 0.5) is 0 Å². The molecule has 0 bridgehead atoms. The molecule has 0 unspecified atom stereocenters. The van der Waals surface area contributed by atoms with Gasteiger partial charge in [0.15, 0.2) is 0 Å². The summed E-state index contributed by atoms with van der Waals surface area (Å²) in [6, 6.07) is 24.0. The molecule has 1 heterocycles. The molecule has 4 rings (SSSR count). The molecule has 0 fully saturated rings. The number of nitrogens with zero attached hydrogens (tertiary/aromatic N) is 1. The Bertz CT molecular complexity index is 981. The topological polar surface area (TPSA) is 22.1 Å². The standard InChI is InChI=1S/C20H14ClNOS/c21-16-9-10-19-18(12-16)22-20(24-19)15-7-4-8-17(11-15)23-13-14-5-2-1-3-6-14/h1-12H,13H2. The van der Waals surface area contributed by atoms with Gasteiger partial charge in [0.25, 0.3) is 0 Å². The van der Waals surface area contributed by atoms with Gasteiger partial charge in [0.2, 0.25) is 0 Å². The molecular formula is C20H14ClNOS. The molecule has 0 saturated heterocycles. The maximum atomic E-state index is 6.04. The molecule has 0 spiro atoms. The first kappa shape index (κ1) is 15.2. The lowest BCUT2D eigenvalue weighted by Crippen LogP contribution is -1.94. The lowest BCUT2D eigenvalue weighted by Gasteiger charge is -2.07. The van der Waals surface area contributed by atoms with E-state index in [1.54, 1.807) is 11.3 Å². The van der Waals surface area contributed by atoms with E-state index in [0.717, 1.165) is 32.1 Å². The fraction of sp³-hybridized carbons (Fsp3) is 0.0500. The molecule has 2 nitrogen and oxygen atoms in total. The first-order valence-electron chi connectivity index (χ1n) is 7.61. The minimum Gasteiger partial charge on any atom is -0.489 e. The number of thiazole rings is 1. The van der Waals surface area contributed by atoms with Gasteiger partial charge in [-0.3, -0.25) is 0 Å². The van der Waals surface area contributed by atoms with Crippen LogP contribution >= 0.6 is 22.9 Å². The molecule has 0 atom stereocenters. The molecule has 3 aromatic carbocycles. The zero-order valence-electron chi connectivity index (χ0n) is 12.8. The number of ether oxygens (including phenoxy) is 1. The van der Waals surface area contributed by atoms with Gasteiger partial charge in [-0.05, 0) is 35.9 Å². The third kappa shape index (κ3) is 3.28. The monoisotopic (exact) mass is 351 g/mol. The normalized spacial score (nSPS) is 10.9. The molecule has 0 aliphatic carbocycles. The van der Waals surface area contributed by atoms with E-state index in [-0.39, 0.29) is 0 Å². The summed E-state index contributed by atoms with van der Waals surface area (Å²) in [7, 11) is 0. The van der Waals surface area contributed by atoms with Crippen LogP contribution in [-0.4, -0.2) is 4.98 Å². The van der Waals surface area contributed by atoms with Gasteiger partial charge in [-0.15, -0.1) is 11.3 Å². The van der Waals surface area contributed by atoms with Gasteiger partial charge in [-0.25, -0.2) is 4.98 Å². The van der Waals surface area contributed by atoms with Gasteiger partial charge in [0, 0.05) is 10.6 Å². The fourth-order valence-corrected chi connectivity index (χ4v) is 3.59. The average Bonchev–Trinajstić information content (AvgIpc) is 3.04. The summed E-state index contributed by atoms with van der Waals surface area (Å²) in [5, 5.41) is 1.68. The van der Waals surface area contributed by atoms with Crippen LogP contribution in [0, 0.1) is 0 Å². The van der Waals surface area contributed by atoms with Crippen molar-refractivity contribution in [3.8, 4) is 16.3 Å². The van der Waals surface area contributed by atoms with Crippen LogP contribution in [0.3, 0.4) is 0 Å². The smallest absolute Gasteiger partial charge is 0.124 e. The summed E-state index contributed by atoms with van der Waals surface area (Å²) < 4.78 is 7.03. The molecule has 0 radical (unpaired) electrons. The van der Waals surface area contributed by atoms with E-state index in [4.69, 9.17) is 16.3 Å². The second kappa shape index (κ2) is 6.63. The summed E-state index contributed by atoms with van der Waals surface area (Å²) in [6.45, 7) is 0.555. The van der Waals surface area contributed by atoms with E-state index in [1.165, 1.54) is 0 Å². The van der Waals surface area contributed by atoms with Gasteiger partial charge >= 0.3 is 0 Å². The number of benzene rings is 3. The van der Waals surface area contributed by atoms with Crippen LogP contribution in [0.15, 0.2) is 72.8 Å².